The number of hydrogen-bond donors (Lipinski definition) is 1. The van der Waals surface area contributed by atoms with Gasteiger partial charge in [-0.15, -0.1) is 11.3 Å². The van der Waals surface area contributed by atoms with E-state index in [1.54, 1.807) is 11.3 Å². The largest absolute Gasteiger partial charge is 0.321 e. The maximum Gasteiger partial charge on any atom is 0.265 e. The summed E-state index contributed by atoms with van der Waals surface area (Å²) in [6.45, 7) is 8.87. The second-order valence-corrected chi connectivity index (χ2v) is 8.83. The highest BCUT2D eigenvalue weighted by Gasteiger charge is 2.21. The van der Waals surface area contributed by atoms with Gasteiger partial charge in [-0.05, 0) is 59.9 Å². The van der Waals surface area contributed by atoms with Gasteiger partial charge in [0, 0.05) is 10.6 Å². The molecule has 1 atom stereocenters. The topological polar surface area (TPSA) is 29.1 Å². The van der Waals surface area contributed by atoms with E-state index in [4.69, 9.17) is 0 Å². The van der Waals surface area contributed by atoms with Crippen molar-refractivity contribution in [2.75, 3.05) is 5.32 Å². The Morgan fingerprint density at radius 2 is 1.91 bits per heavy atom. The second kappa shape index (κ2) is 6.12. The van der Waals surface area contributed by atoms with E-state index in [-0.39, 0.29) is 11.3 Å². The fraction of sp³-hybridized carbons (Fsp3) is 0.450. The van der Waals surface area contributed by atoms with Gasteiger partial charge in [-0.3, -0.25) is 4.79 Å². The molecule has 0 saturated heterocycles. The van der Waals surface area contributed by atoms with Crippen molar-refractivity contribution in [3.8, 4) is 0 Å². The third kappa shape index (κ3) is 3.66. The Hall–Kier alpha value is -1.61. The van der Waals surface area contributed by atoms with Gasteiger partial charge in [0.2, 0.25) is 0 Å². The van der Waals surface area contributed by atoms with Gasteiger partial charge in [0.25, 0.3) is 5.91 Å². The molecule has 0 radical (unpaired) electrons. The molecule has 3 heteroatoms. The molecule has 0 bridgehead atoms. The summed E-state index contributed by atoms with van der Waals surface area (Å²) < 4.78 is 0. The van der Waals surface area contributed by atoms with Crippen LogP contribution in [0, 0.1) is 5.92 Å². The molecule has 1 heterocycles. The molecule has 3 rings (SSSR count). The van der Waals surface area contributed by atoms with Crippen molar-refractivity contribution in [1.82, 2.24) is 0 Å². The van der Waals surface area contributed by atoms with Crippen LogP contribution in [0.4, 0.5) is 5.69 Å². The standard InChI is InChI=1S/C20H25NOS/c1-13-5-10-17-14(11-13)12-18(23-17)19(22)21-16-8-6-15(7-9-16)20(2,3)4/h6-9,12-13H,5,10-11H2,1-4H3,(H,21,22)/t13-/m1/s1. The average molecular weight is 327 g/mol. The third-order valence-corrected chi connectivity index (χ3v) is 5.80. The third-order valence-electron chi connectivity index (χ3n) is 4.56. The van der Waals surface area contributed by atoms with Gasteiger partial charge in [0.1, 0.15) is 0 Å². The van der Waals surface area contributed by atoms with E-state index in [0.29, 0.717) is 0 Å². The van der Waals surface area contributed by atoms with Crippen LogP contribution in [-0.2, 0) is 18.3 Å². The molecule has 2 aromatic rings. The van der Waals surface area contributed by atoms with Crippen LogP contribution in [0.2, 0.25) is 0 Å². The van der Waals surface area contributed by atoms with Crippen molar-refractivity contribution in [3.63, 3.8) is 0 Å². The lowest BCUT2D eigenvalue weighted by atomic mass is 9.87. The lowest BCUT2D eigenvalue weighted by Gasteiger charge is -2.19. The molecule has 0 saturated carbocycles. The molecular formula is C20H25NOS. The maximum atomic E-state index is 12.5. The number of fused-ring (bicyclic) bond motifs is 1. The molecule has 2 nitrogen and oxygen atoms in total. The molecule has 0 fully saturated rings. The first kappa shape index (κ1) is 16.3. The molecular weight excluding hydrogens is 302 g/mol. The Labute approximate surface area is 142 Å². The lowest BCUT2D eigenvalue weighted by molar-refractivity contribution is 0.103. The number of aryl methyl sites for hydroxylation is 1. The van der Waals surface area contributed by atoms with E-state index < -0.39 is 0 Å². The van der Waals surface area contributed by atoms with Gasteiger partial charge in [0.15, 0.2) is 0 Å². The smallest absolute Gasteiger partial charge is 0.265 e. The van der Waals surface area contributed by atoms with Crippen molar-refractivity contribution in [2.24, 2.45) is 5.92 Å². The number of carbonyl (C=O) groups is 1. The van der Waals surface area contributed by atoms with Gasteiger partial charge < -0.3 is 5.32 Å². The highest BCUT2D eigenvalue weighted by atomic mass is 32.1. The summed E-state index contributed by atoms with van der Waals surface area (Å²) >= 11 is 1.66. The zero-order valence-electron chi connectivity index (χ0n) is 14.4. The van der Waals surface area contributed by atoms with Gasteiger partial charge in [-0.25, -0.2) is 0 Å². The summed E-state index contributed by atoms with van der Waals surface area (Å²) in [6.07, 6.45) is 3.47. The SMILES string of the molecule is C[C@@H]1CCc2sc(C(=O)Nc3ccc(C(C)(C)C)cc3)cc2C1. The van der Waals surface area contributed by atoms with Crippen LogP contribution in [-0.4, -0.2) is 5.91 Å². The molecule has 1 aliphatic rings. The van der Waals surface area contributed by atoms with E-state index in [9.17, 15) is 4.79 Å². The zero-order valence-corrected chi connectivity index (χ0v) is 15.2. The summed E-state index contributed by atoms with van der Waals surface area (Å²) in [7, 11) is 0. The van der Waals surface area contributed by atoms with E-state index >= 15 is 0 Å². The Morgan fingerprint density at radius 1 is 1.22 bits per heavy atom. The molecule has 0 unspecified atom stereocenters. The summed E-state index contributed by atoms with van der Waals surface area (Å²) in [5, 5.41) is 3.03. The first-order valence-electron chi connectivity index (χ1n) is 8.36. The number of anilines is 1. The quantitative estimate of drug-likeness (QED) is 0.783. The second-order valence-electron chi connectivity index (χ2n) is 7.69. The van der Waals surface area contributed by atoms with Crippen molar-refractivity contribution in [1.29, 1.82) is 0 Å². The number of amides is 1. The van der Waals surface area contributed by atoms with Crippen LogP contribution in [0.3, 0.4) is 0 Å². The van der Waals surface area contributed by atoms with Crippen LogP contribution in [0.5, 0.6) is 0 Å². The Morgan fingerprint density at radius 3 is 2.57 bits per heavy atom. The predicted molar refractivity (Wildman–Crippen MR) is 98.6 cm³/mol. The van der Waals surface area contributed by atoms with Crippen molar-refractivity contribution >= 4 is 22.9 Å². The van der Waals surface area contributed by atoms with Crippen molar-refractivity contribution < 1.29 is 4.79 Å². The zero-order chi connectivity index (χ0) is 16.6. The molecule has 23 heavy (non-hydrogen) atoms. The molecule has 1 N–H and O–H groups in total. The van der Waals surface area contributed by atoms with Gasteiger partial charge in [-0.2, -0.15) is 0 Å². The summed E-state index contributed by atoms with van der Waals surface area (Å²) in [4.78, 5) is 14.7. The van der Waals surface area contributed by atoms with Crippen LogP contribution in [0.25, 0.3) is 0 Å². The summed E-state index contributed by atoms with van der Waals surface area (Å²) in [6, 6.07) is 10.3. The minimum Gasteiger partial charge on any atom is -0.321 e. The summed E-state index contributed by atoms with van der Waals surface area (Å²) in [5.41, 5.74) is 3.65. The fourth-order valence-corrected chi connectivity index (χ4v) is 4.17. The van der Waals surface area contributed by atoms with Crippen LogP contribution in [0.15, 0.2) is 30.3 Å². The fourth-order valence-electron chi connectivity index (χ4n) is 3.06. The minimum absolute atomic E-state index is 0.0144. The van der Waals surface area contributed by atoms with Crippen LogP contribution >= 0.6 is 11.3 Å². The number of carbonyl (C=O) groups excluding carboxylic acids is 1. The average Bonchev–Trinajstić information content (AvgIpc) is 2.90. The Kier molecular flexibility index (Phi) is 4.33. The maximum absolute atomic E-state index is 12.5. The monoisotopic (exact) mass is 327 g/mol. The molecule has 0 aliphatic heterocycles. The Bertz CT molecular complexity index is 706. The van der Waals surface area contributed by atoms with Gasteiger partial charge in [-0.1, -0.05) is 39.8 Å². The van der Waals surface area contributed by atoms with Crippen LogP contribution in [0.1, 0.15) is 59.8 Å². The van der Waals surface area contributed by atoms with E-state index in [0.717, 1.165) is 29.3 Å². The number of benzene rings is 1. The molecule has 1 aromatic carbocycles. The van der Waals surface area contributed by atoms with E-state index in [2.05, 4.69) is 51.2 Å². The van der Waals surface area contributed by atoms with Crippen molar-refractivity contribution in [2.45, 2.75) is 52.4 Å². The molecule has 1 aliphatic carbocycles. The predicted octanol–water partition coefficient (Wildman–Crippen LogP) is 5.42. The van der Waals surface area contributed by atoms with E-state index in [1.807, 2.05) is 12.1 Å². The minimum atomic E-state index is 0.0144. The molecule has 1 amide bonds. The first-order chi connectivity index (χ1) is 10.8. The lowest BCUT2D eigenvalue weighted by Crippen LogP contribution is -2.12. The van der Waals surface area contributed by atoms with Crippen molar-refractivity contribution in [3.05, 3.63) is 51.2 Å². The normalized spacial score (nSPS) is 17.7. The molecule has 0 spiro atoms. The Balaban J connectivity index is 1.72. The molecule has 1 aromatic heterocycles. The van der Waals surface area contributed by atoms with Gasteiger partial charge >= 0.3 is 0 Å². The van der Waals surface area contributed by atoms with Gasteiger partial charge in [0.05, 0.1) is 4.88 Å². The number of thiophene rings is 1. The first-order valence-corrected chi connectivity index (χ1v) is 9.18. The number of nitrogens with one attached hydrogen (secondary N) is 1. The molecule has 122 valence electrons. The highest BCUT2D eigenvalue weighted by Crippen LogP contribution is 2.32. The van der Waals surface area contributed by atoms with E-state index in [1.165, 1.54) is 22.4 Å². The number of hydrogen-bond acceptors (Lipinski definition) is 2. The van der Waals surface area contributed by atoms with Crippen LogP contribution < -0.4 is 5.32 Å². The summed E-state index contributed by atoms with van der Waals surface area (Å²) in [5.74, 6) is 0.749. The number of rotatable bonds is 2. The highest BCUT2D eigenvalue weighted by molar-refractivity contribution is 7.14.